The topological polar surface area (TPSA) is 73.9 Å². The third kappa shape index (κ3) is 7.41. The summed E-state index contributed by atoms with van der Waals surface area (Å²) < 4.78 is 51.8. The van der Waals surface area contributed by atoms with Crippen molar-refractivity contribution < 1.29 is 37.0 Å². The molecule has 31 heavy (non-hydrogen) atoms. The summed E-state index contributed by atoms with van der Waals surface area (Å²) in [6.07, 6.45) is 0.660. The molecular formula is C22H28F3NO5. The molecule has 1 aromatic rings. The highest BCUT2D eigenvalue weighted by atomic mass is 19.4. The van der Waals surface area contributed by atoms with Gasteiger partial charge in [-0.3, -0.25) is 4.79 Å². The fraction of sp³-hybridized carbons (Fsp3) is 0.636. The molecular weight excluding hydrogens is 415 g/mol. The summed E-state index contributed by atoms with van der Waals surface area (Å²) in [4.78, 5) is 22.3. The van der Waals surface area contributed by atoms with E-state index in [2.05, 4.69) is 10.1 Å². The average Bonchev–Trinajstić information content (AvgIpc) is 2.73. The number of esters is 2. The average molecular weight is 443 g/mol. The number of halogens is 3. The molecule has 1 fully saturated rings. The van der Waals surface area contributed by atoms with Gasteiger partial charge in [0.1, 0.15) is 17.6 Å². The first kappa shape index (κ1) is 23.4. The van der Waals surface area contributed by atoms with E-state index in [9.17, 15) is 22.8 Å². The number of fused-ring (bicyclic) bond motifs is 1. The van der Waals surface area contributed by atoms with Crippen LogP contribution in [0.25, 0.3) is 0 Å². The lowest BCUT2D eigenvalue weighted by atomic mass is 9.93. The SMILES string of the molecule is O=C(CC1CCc2cc(OCCCCC3CCNCC3)ccc2O1)OC(=O)C(F)(F)F. The minimum absolute atomic E-state index is 0.420. The monoisotopic (exact) mass is 443 g/mol. The molecule has 2 aliphatic rings. The van der Waals surface area contributed by atoms with Crippen LogP contribution >= 0.6 is 0 Å². The van der Waals surface area contributed by atoms with E-state index in [4.69, 9.17) is 9.47 Å². The summed E-state index contributed by atoms with van der Waals surface area (Å²) in [5.74, 6) is -1.63. The number of ether oxygens (including phenoxy) is 3. The number of aryl methyl sites for hydroxylation is 1. The molecule has 1 saturated heterocycles. The van der Waals surface area contributed by atoms with Gasteiger partial charge in [0, 0.05) is 0 Å². The van der Waals surface area contributed by atoms with Crippen molar-refractivity contribution in [3.8, 4) is 11.5 Å². The summed E-state index contributed by atoms with van der Waals surface area (Å²) in [6.45, 7) is 2.88. The van der Waals surface area contributed by atoms with E-state index >= 15 is 0 Å². The van der Waals surface area contributed by atoms with Gasteiger partial charge in [-0.15, -0.1) is 0 Å². The second kappa shape index (κ2) is 10.8. The van der Waals surface area contributed by atoms with E-state index in [0.717, 1.165) is 43.2 Å². The molecule has 0 spiro atoms. The normalized spacial score (nSPS) is 19.3. The van der Waals surface area contributed by atoms with Gasteiger partial charge < -0.3 is 19.5 Å². The van der Waals surface area contributed by atoms with E-state index in [1.807, 2.05) is 6.07 Å². The number of piperidine rings is 1. The second-order valence-corrected chi connectivity index (χ2v) is 8.05. The Balaban J connectivity index is 1.38. The zero-order valence-electron chi connectivity index (χ0n) is 17.3. The molecule has 6 nitrogen and oxygen atoms in total. The molecule has 2 aliphatic heterocycles. The molecule has 0 aromatic heterocycles. The van der Waals surface area contributed by atoms with Crippen LogP contribution in [-0.4, -0.2) is 43.9 Å². The zero-order chi connectivity index (χ0) is 22.3. The molecule has 1 atom stereocenters. The maximum atomic E-state index is 12.2. The zero-order valence-corrected chi connectivity index (χ0v) is 17.3. The number of unbranched alkanes of at least 4 members (excludes halogenated alkanes) is 1. The molecule has 0 bridgehead atoms. The molecule has 0 saturated carbocycles. The van der Waals surface area contributed by atoms with Crippen molar-refractivity contribution in [2.24, 2.45) is 5.92 Å². The third-order valence-corrected chi connectivity index (χ3v) is 5.63. The summed E-state index contributed by atoms with van der Waals surface area (Å²) in [5.41, 5.74) is 0.920. The number of hydrogen-bond donors (Lipinski definition) is 1. The van der Waals surface area contributed by atoms with Crippen LogP contribution in [0, 0.1) is 5.92 Å². The molecule has 0 radical (unpaired) electrons. The van der Waals surface area contributed by atoms with Crippen LogP contribution in [0.5, 0.6) is 11.5 Å². The van der Waals surface area contributed by atoms with Crippen molar-refractivity contribution >= 4 is 11.9 Å². The van der Waals surface area contributed by atoms with Crippen LogP contribution in [0.4, 0.5) is 13.2 Å². The van der Waals surface area contributed by atoms with E-state index in [1.165, 1.54) is 19.3 Å². The first-order valence-corrected chi connectivity index (χ1v) is 10.8. The van der Waals surface area contributed by atoms with Gasteiger partial charge in [0.2, 0.25) is 0 Å². The lowest BCUT2D eigenvalue weighted by Gasteiger charge is -2.26. The van der Waals surface area contributed by atoms with Gasteiger partial charge in [0.05, 0.1) is 13.0 Å². The Bertz CT molecular complexity index is 762. The number of alkyl halides is 3. The van der Waals surface area contributed by atoms with Crippen LogP contribution in [0.1, 0.15) is 50.5 Å². The van der Waals surface area contributed by atoms with Crippen molar-refractivity contribution in [2.45, 2.75) is 63.6 Å². The maximum absolute atomic E-state index is 12.2. The summed E-state index contributed by atoms with van der Waals surface area (Å²) in [6, 6.07) is 5.40. The van der Waals surface area contributed by atoms with E-state index in [-0.39, 0.29) is 0 Å². The highest BCUT2D eigenvalue weighted by Gasteiger charge is 2.42. The van der Waals surface area contributed by atoms with Crippen LogP contribution in [0.3, 0.4) is 0 Å². The van der Waals surface area contributed by atoms with Gasteiger partial charge >= 0.3 is 18.1 Å². The largest absolute Gasteiger partial charge is 0.494 e. The standard InChI is InChI=1S/C22H28F3NO5/c23-22(24,25)21(28)31-20(27)14-18-5-4-16-13-17(6-7-19(16)30-18)29-12-2-1-3-15-8-10-26-11-9-15/h6-7,13,15,18,26H,1-5,8-12,14H2. The Morgan fingerprint density at radius 3 is 2.65 bits per heavy atom. The molecule has 2 heterocycles. The smallest absolute Gasteiger partial charge is 0.491 e. The Labute approximate surface area is 179 Å². The summed E-state index contributed by atoms with van der Waals surface area (Å²) in [5, 5.41) is 3.38. The highest BCUT2D eigenvalue weighted by Crippen LogP contribution is 2.32. The van der Waals surface area contributed by atoms with Gasteiger partial charge in [0.25, 0.3) is 0 Å². The number of carbonyl (C=O) groups is 2. The molecule has 9 heteroatoms. The lowest BCUT2D eigenvalue weighted by molar-refractivity contribution is -0.202. The fourth-order valence-corrected chi connectivity index (χ4v) is 3.94. The molecule has 3 rings (SSSR count). The van der Waals surface area contributed by atoms with Crippen LogP contribution in [0.2, 0.25) is 0 Å². The minimum atomic E-state index is -5.20. The van der Waals surface area contributed by atoms with Crippen molar-refractivity contribution in [1.29, 1.82) is 0 Å². The number of carbonyl (C=O) groups excluding carboxylic acids is 2. The van der Waals surface area contributed by atoms with Crippen LogP contribution in [-0.2, 0) is 20.7 Å². The van der Waals surface area contributed by atoms with Crippen LogP contribution in [0.15, 0.2) is 18.2 Å². The van der Waals surface area contributed by atoms with Gasteiger partial charge in [0.15, 0.2) is 0 Å². The maximum Gasteiger partial charge on any atom is 0.491 e. The predicted molar refractivity (Wildman–Crippen MR) is 106 cm³/mol. The Morgan fingerprint density at radius 1 is 1.13 bits per heavy atom. The number of hydrogen-bond acceptors (Lipinski definition) is 6. The van der Waals surface area contributed by atoms with Crippen LogP contribution < -0.4 is 14.8 Å². The van der Waals surface area contributed by atoms with Gasteiger partial charge in [-0.1, -0.05) is 6.42 Å². The Hall–Kier alpha value is -2.29. The first-order chi connectivity index (χ1) is 14.8. The van der Waals surface area contributed by atoms with Crippen molar-refractivity contribution in [3.05, 3.63) is 23.8 Å². The summed E-state index contributed by atoms with van der Waals surface area (Å²) in [7, 11) is 0. The van der Waals surface area contributed by atoms with E-state index in [0.29, 0.717) is 25.2 Å². The second-order valence-electron chi connectivity index (χ2n) is 8.05. The van der Waals surface area contributed by atoms with Crippen molar-refractivity contribution in [1.82, 2.24) is 5.32 Å². The molecule has 1 unspecified atom stereocenters. The fourth-order valence-electron chi connectivity index (χ4n) is 3.94. The van der Waals surface area contributed by atoms with Gasteiger partial charge in [-0.05, 0) is 81.3 Å². The minimum Gasteiger partial charge on any atom is -0.494 e. The van der Waals surface area contributed by atoms with Gasteiger partial charge in [-0.2, -0.15) is 13.2 Å². The third-order valence-electron chi connectivity index (χ3n) is 5.63. The van der Waals surface area contributed by atoms with Crippen molar-refractivity contribution in [2.75, 3.05) is 19.7 Å². The van der Waals surface area contributed by atoms with Gasteiger partial charge in [-0.25, -0.2) is 4.79 Å². The Kier molecular flexibility index (Phi) is 8.17. The predicted octanol–water partition coefficient (Wildman–Crippen LogP) is 3.95. The summed E-state index contributed by atoms with van der Waals surface area (Å²) >= 11 is 0. The Morgan fingerprint density at radius 2 is 1.90 bits per heavy atom. The highest BCUT2D eigenvalue weighted by molar-refractivity contribution is 5.88. The van der Waals surface area contributed by atoms with E-state index < -0.39 is 30.6 Å². The van der Waals surface area contributed by atoms with Crippen molar-refractivity contribution in [3.63, 3.8) is 0 Å². The number of benzene rings is 1. The first-order valence-electron chi connectivity index (χ1n) is 10.8. The number of nitrogens with one attached hydrogen (secondary N) is 1. The molecule has 0 amide bonds. The van der Waals surface area contributed by atoms with E-state index in [1.54, 1.807) is 12.1 Å². The number of rotatable bonds is 8. The molecule has 172 valence electrons. The lowest BCUT2D eigenvalue weighted by Crippen LogP contribution is -2.31. The molecule has 0 aliphatic carbocycles. The molecule has 1 N–H and O–H groups in total. The quantitative estimate of drug-likeness (QED) is 0.373. The molecule has 1 aromatic carbocycles.